The fourth-order valence-corrected chi connectivity index (χ4v) is 2.66. The van der Waals surface area contributed by atoms with Gasteiger partial charge in [0.25, 0.3) is 0 Å². The molecule has 0 fully saturated rings. The zero-order chi connectivity index (χ0) is 14.4. The molecule has 104 valence electrons. The number of carbonyl (C=O) groups excluding carboxylic acids is 1. The van der Waals surface area contributed by atoms with Crippen molar-refractivity contribution < 1.29 is 4.79 Å². The Morgan fingerprint density at radius 2 is 2.24 bits per heavy atom. The zero-order valence-corrected chi connectivity index (χ0v) is 11.2. The highest BCUT2D eigenvalue weighted by Crippen LogP contribution is 2.27. The lowest BCUT2D eigenvalue weighted by atomic mass is 10.0. The lowest BCUT2D eigenvalue weighted by Gasteiger charge is -2.18. The van der Waals surface area contributed by atoms with Crippen LogP contribution in [0.1, 0.15) is 16.1 Å². The average Bonchev–Trinajstić information content (AvgIpc) is 3.12. The summed E-state index contributed by atoms with van der Waals surface area (Å²) in [5, 5.41) is 8.25. The van der Waals surface area contributed by atoms with Crippen LogP contribution in [0.4, 0.5) is 0 Å². The van der Waals surface area contributed by atoms with Crippen LogP contribution in [0.5, 0.6) is 0 Å². The smallest absolute Gasteiger partial charge is 0.248 e. The van der Waals surface area contributed by atoms with Crippen LogP contribution in [0.25, 0.3) is 16.5 Å². The third-order valence-electron chi connectivity index (χ3n) is 3.74. The second-order valence-corrected chi connectivity index (χ2v) is 5.05. The monoisotopic (exact) mass is 279 g/mol. The van der Waals surface area contributed by atoms with Crippen LogP contribution in [0.3, 0.4) is 0 Å². The van der Waals surface area contributed by atoms with Crippen molar-refractivity contribution >= 4 is 28.2 Å². The number of nitrogens with one attached hydrogen (secondary N) is 1. The molecule has 2 aliphatic rings. The van der Waals surface area contributed by atoms with Gasteiger partial charge in [0.2, 0.25) is 5.91 Å². The van der Waals surface area contributed by atoms with Crippen LogP contribution in [0.15, 0.2) is 41.5 Å². The summed E-state index contributed by atoms with van der Waals surface area (Å²) in [6, 6.07) is 5.30. The van der Waals surface area contributed by atoms with E-state index in [0.29, 0.717) is 5.56 Å². The molecule has 1 aromatic heterocycles. The number of nitrogens with zero attached hydrogens (tertiary/aromatic N) is 3. The van der Waals surface area contributed by atoms with E-state index in [1.54, 1.807) is 12.1 Å². The lowest BCUT2D eigenvalue weighted by Crippen LogP contribution is -2.22. The van der Waals surface area contributed by atoms with Gasteiger partial charge < -0.3 is 10.6 Å². The van der Waals surface area contributed by atoms with E-state index in [4.69, 9.17) is 5.73 Å². The van der Waals surface area contributed by atoms with E-state index in [0.717, 1.165) is 41.1 Å². The topological polar surface area (TPSA) is 87.4 Å². The van der Waals surface area contributed by atoms with Crippen molar-refractivity contribution in [2.24, 2.45) is 10.7 Å². The first-order chi connectivity index (χ1) is 10.2. The molecular weight excluding hydrogens is 266 g/mol. The molecule has 0 aliphatic carbocycles. The highest BCUT2D eigenvalue weighted by atomic mass is 16.1. The molecule has 0 atom stereocenters. The molecule has 0 radical (unpaired) electrons. The van der Waals surface area contributed by atoms with Crippen molar-refractivity contribution in [2.75, 3.05) is 13.1 Å². The number of allylic oxidation sites excluding steroid dienone is 2. The number of rotatable bonds is 2. The minimum Gasteiger partial charge on any atom is -0.366 e. The third-order valence-corrected chi connectivity index (χ3v) is 3.74. The summed E-state index contributed by atoms with van der Waals surface area (Å²) in [7, 11) is 0. The molecule has 0 bridgehead atoms. The maximum Gasteiger partial charge on any atom is 0.248 e. The zero-order valence-electron chi connectivity index (χ0n) is 11.2. The fraction of sp³-hybridized carbons (Fsp3) is 0.133. The number of carbonyl (C=O) groups is 1. The summed E-state index contributed by atoms with van der Waals surface area (Å²) in [4.78, 5) is 17.8. The standard InChI is InChI=1S/C15H13N5O/c16-15(21)9-1-3-12-11(7-9)14(19-18-12)10-2-4-13-17-5-6-20(13)8-10/h1-4,7-8H,5-6H2,(H2,16,21)(H,18,19). The second-order valence-electron chi connectivity index (χ2n) is 5.05. The summed E-state index contributed by atoms with van der Waals surface area (Å²) in [6.07, 6.45) is 6.02. The molecule has 0 spiro atoms. The molecule has 3 N–H and O–H groups in total. The van der Waals surface area contributed by atoms with Crippen LogP contribution in [0.2, 0.25) is 0 Å². The highest BCUT2D eigenvalue weighted by Gasteiger charge is 2.19. The summed E-state index contributed by atoms with van der Waals surface area (Å²) in [5.74, 6) is 0.544. The molecule has 3 heterocycles. The van der Waals surface area contributed by atoms with Crippen molar-refractivity contribution in [3.63, 3.8) is 0 Å². The van der Waals surface area contributed by atoms with Crippen LogP contribution in [0, 0.1) is 0 Å². The Bertz CT molecular complexity index is 843. The largest absolute Gasteiger partial charge is 0.366 e. The second kappa shape index (κ2) is 4.31. The molecule has 6 heteroatoms. The van der Waals surface area contributed by atoms with Gasteiger partial charge in [0.15, 0.2) is 0 Å². The van der Waals surface area contributed by atoms with Gasteiger partial charge in [-0.1, -0.05) is 0 Å². The van der Waals surface area contributed by atoms with Crippen LogP contribution >= 0.6 is 0 Å². The predicted octanol–water partition coefficient (Wildman–Crippen LogP) is 1.29. The summed E-state index contributed by atoms with van der Waals surface area (Å²) >= 11 is 0. The Hall–Kier alpha value is -2.89. The number of aromatic nitrogens is 2. The first-order valence-electron chi connectivity index (χ1n) is 6.72. The summed E-state index contributed by atoms with van der Waals surface area (Å²) < 4.78 is 0. The van der Waals surface area contributed by atoms with Crippen molar-refractivity contribution in [3.8, 4) is 0 Å². The minimum atomic E-state index is -0.439. The Kier molecular flexibility index (Phi) is 2.44. The number of primary amides is 1. The van der Waals surface area contributed by atoms with Gasteiger partial charge in [-0.25, -0.2) is 0 Å². The van der Waals surface area contributed by atoms with Gasteiger partial charge in [-0.3, -0.25) is 14.9 Å². The Balaban J connectivity index is 1.84. The van der Waals surface area contributed by atoms with E-state index < -0.39 is 5.91 Å². The number of hydrogen-bond donors (Lipinski definition) is 2. The molecular formula is C15H13N5O. The maximum absolute atomic E-state index is 11.3. The number of amides is 1. The SMILES string of the molecule is NC(=O)c1ccc2[nH]nc(C3=CN4CCN=C4C=C3)c2c1. The average molecular weight is 279 g/mol. The quantitative estimate of drug-likeness (QED) is 0.868. The molecule has 2 aliphatic heterocycles. The van der Waals surface area contributed by atoms with Crippen molar-refractivity contribution in [1.29, 1.82) is 0 Å². The highest BCUT2D eigenvalue weighted by molar-refractivity contribution is 6.04. The molecule has 6 nitrogen and oxygen atoms in total. The number of benzene rings is 1. The first-order valence-corrected chi connectivity index (χ1v) is 6.72. The Labute approximate surface area is 120 Å². The molecule has 0 saturated heterocycles. The van der Waals surface area contributed by atoms with E-state index in [9.17, 15) is 4.79 Å². The number of hydrogen-bond acceptors (Lipinski definition) is 4. The normalized spacial score (nSPS) is 16.9. The van der Waals surface area contributed by atoms with E-state index >= 15 is 0 Å². The van der Waals surface area contributed by atoms with Gasteiger partial charge >= 0.3 is 0 Å². The fourth-order valence-electron chi connectivity index (χ4n) is 2.66. The lowest BCUT2D eigenvalue weighted by molar-refractivity contribution is 0.100. The van der Waals surface area contributed by atoms with E-state index in [1.807, 2.05) is 24.4 Å². The van der Waals surface area contributed by atoms with E-state index in [-0.39, 0.29) is 0 Å². The number of fused-ring (bicyclic) bond motifs is 2. The summed E-state index contributed by atoms with van der Waals surface area (Å²) in [5.41, 5.74) is 8.51. The molecule has 0 unspecified atom stereocenters. The summed E-state index contributed by atoms with van der Waals surface area (Å²) in [6.45, 7) is 1.70. The first kappa shape index (κ1) is 11.9. The number of aliphatic imine (C=N–C) groups is 1. The molecule has 0 saturated carbocycles. The van der Waals surface area contributed by atoms with Crippen LogP contribution < -0.4 is 5.73 Å². The Morgan fingerprint density at radius 3 is 3.10 bits per heavy atom. The Morgan fingerprint density at radius 1 is 1.33 bits per heavy atom. The number of H-pyrrole nitrogens is 1. The van der Waals surface area contributed by atoms with Gasteiger partial charge in [-0.05, 0) is 30.4 Å². The molecule has 1 aromatic carbocycles. The van der Waals surface area contributed by atoms with E-state index in [2.05, 4.69) is 20.1 Å². The van der Waals surface area contributed by atoms with Crippen molar-refractivity contribution in [2.45, 2.75) is 0 Å². The van der Waals surface area contributed by atoms with Gasteiger partial charge in [0.05, 0.1) is 12.1 Å². The molecule has 4 rings (SSSR count). The van der Waals surface area contributed by atoms with Crippen molar-refractivity contribution in [1.82, 2.24) is 15.1 Å². The van der Waals surface area contributed by atoms with Gasteiger partial charge in [0, 0.05) is 29.3 Å². The number of nitrogens with two attached hydrogens (primary N) is 1. The van der Waals surface area contributed by atoms with Crippen LogP contribution in [-0.4, -0.2) is 39.9 Å². The maximum atomic E-state index is 11.3. The number of aromatic amines is 1. The molecule has 2 aromatic rings. The third kappa shape index (κ3) is 1.84. The van der Waals surface area contributed by atoms with Gasteiger partial charge in [-0.2, -0.15) is 5.10 Å². The minimum absolute atomic E-state index is 0.439. The molecule has 21 heavy (non-hydrogen) atoms. The van der Waals surface area contributed by atoms with Gasteiger partial charge in [-0.15, -0.1) is 0 Å². The van der Waals surface area contributed by atoms with Gasteiger partial charge in [0.1, 0.15) is 11.5 Å². The molecule has 1 amide bonds. The van der Waals surface area contributed by atoms with E-state index in [1.165, 1.54) is 0 Å². The van der Waals surface area contributed by atoms with Crippen LogP contribution in [-0.2, 0) is 0 Å². The van der Waals surface area contributed by atoms with Crippen molar-refractivity contribution in [3.05, 3.63) is 47.8 Å². The number of amidine groups is 1. The predicted molar refractivity (Wildman–Crippen MR) is 80.7 cm³/mol.